The summed E-state index contributed by atoms with van der Waals surface area (Å²) >= 11 is 0. The summed E-state index contributed by atoms with van der Waals surface area (Å²) in [6, 6.07) is 6.18. The molecule has 1 heterocycles. The summed E-state index contributed by atoms with van der Waals surface area (Å²) in [6.07, 6.45) is 1.87. The van der Waals surface area contributed by atoms with Crippen LogP contribution in [0.3, 0.4) is 0 Å². The second-order valence-electron chi connectivity index (χ2n) is 4.22. The smallest absolute Gasteiger partial charge is 0.0448 e. The fourth-order valence-electron chi connectivity index (χ4n) is 2.19. The molecular weight excluding hydrogens is 210 g/mol. The van der Waals surface area contributed by atoms with E-state index in [1.807, 2.05) is 19.2 Å². The maximum absolute atomic E-state index is 6.00. The summed E-state index contributed by atoms with van der Waals surface area (Å²) in [7, 11) is 0. The second kappa shape index (κ2) is 4.62. The average molecular weight is 229 g/mol. The molecule has 0 saturated carbocycles. The van der Waals surface area contributed by atoms with E-state index in [1.165, 1.54) is 11.1 Å². The highest BCUT2D eigenvalue weighted by Crippen LogP contribution is 2.30. The highest BCUT2D eigenvalue weighted by atomic mass is 15.1. The lowest BCUT2D eigenvalue weighted by atomic mass is 10.1. The van der Waals surface area contributed by atoms with Crippen LogP contribution in [0, 0.1) is 6.92 Å². The molecule has 2 N–H and O–H groups in total. The number of nitrogens with two attached hydrogens (primary N) is 1. The maximum Gasteiger partial charge on any atom is 0.0448 e. The molecule has 1 aromatic heterocycles. The SMILES string of the molecule is CCN(CC)c1ccc(N)c2cnc(C)cc12. The molecule has 2 rings (SSSR count). The van der Waals surface area contributed by atoms with Crippen LogP contribution < -0.4 is 10.6 Å². The van der Waals surface area contributed by atoms with Gasteiger partial charge in [0.15, 0.2) is 0 Å². The molecule has 0 aliphatic carbocycles. The number of fused-ring (bicyclic) bond motifs is 1. The van der Waals surface area contributed by atoms with Crippen molar-refractivity contribution in [3.63, 3.8) is 0 Å². The molecule has 0 fully saturated rings. The van der Waals surface area contributed by atoms with E-state index in [9.17, 15) is 0 Å². The number of rotatable bonds is 3. The van der Waals surface area contributed by atoms with Gasteiger partial charge in [-0.1, -0.05) is 0 Å². The number of nitrogen functional groups attached to an aromatic ring is 1. The first-order chi connectivity index (χ1) is 8.17. The van der Waals surface area contributed by atoms with Gasteiger partial charge >= 0.3 is 0 Å². The Hall–Kier alpha value is -1.77. The van der Waals surface area contributed by atoms with Crippen LogP contribution in [0.2, 0.25) is 0 Å². The Morgan fingerprint density at radius 2 is 1.88 bits per heavy atom. The average Bonchev–Trinajstić information content (AvgIpc) is 2.33. The predicted molar refractivity (Wildman–Crippen MR) is 74.5 cm³/mol. The van der Waals surface area contributed by atoms with Crippen LogP contribution in [0.1, 0.15) is 19.5 Å². The molecule has 2 aromatic rings. The number of pyridine rings is 1. The molecular formula is C14H19N3. The number of aromatic nitrogens is 1. The van der Waals surface area contributed by atoms with E-state index in [0.717, 1.165) is 29.9 Å². The number of hydrogen-bond acceptors (Lipinski definition) is 3. The molecule has 3 nitrogen and oxygen atoms in total. The van der Waals surface area contributed by atoms with E-state index in [4.69, 9.17) is 5.73 Å². The predicted octanol–water partition coefficient (Wildman–Crippen LogP) is 2.97. The first-order valence-electron chi connectivity index (χ1n) is 6.07. The lowest BCUT2D eigenvalue weighted by molar-refractivity contribution is 0.870. The molecule has 17 heavy (non-hydrogen) atoms. The lowest BCUT2D eigenvalue weighted by Gasteiger charge is -2.23. The summed E-state index contributed by atoms with van der Waals surface area (Å²) < 4.78 is 0. The van der Waals surface area contributed by atoms with Gasteiger partial charge in [0.1, 0.15) is 0 Å². The minimum atomic E-state index is 0.795. The fourth-order valence-corrected chi connectivity index (χ4v) is 2.19. The van der Waals surface area contributed by atoms with Gasteiger partial charge in [-0.2, -0.15) is 0 Å². The van der Waals surface area contributed by atoms with Gasteiger partial charge in [0.05, 0.1) is 0 Å². The quantitative estimate of drug-likeness (QED) is 0.823. The van der Waals surface area contributed by atoms with Crippen molar-refractivity contribution in [1.29, 1.82) is 0 Å². The summed E-state index contributed by atoms with van der Waals surface area (Å²) in [5.41, 5.74) is 9.06. The van der Waals surface area contributed by atoms with Gasteiger partial charge in [-0.05, 0) is 39.0 Å². The van der Waals surface area contributed by atoms with Crippen molar-refractivity contribution in [3.05, 3.63) is 30.1 Å². The third-order valence-electron chi connectivity index (χ3n) is 3.15. The van der Waals surface area contributed by atoms with Gasteiger partial charge < -0.3 is 10.6 Å². The molecule has 0 radical (unpaired) electrons. The van der Waals surface area contributed by atoms with Crippen LogP contribution in [-0.4, -0.2) is 18.1 Å². The van der Waals surface area contributed by atoms with E-state index in [1.54, 1.807) is 0 Å². The van der Waals surface area contributed by atoms with E-state index in [-0.39, 0.29) is 0 Å². The van der Waals surface area contributed by atoms with Crippen molar-refractivity contribution < 1.29 is 0 Å². The number of aryl methyl sites for hydroxylation is 1. The van der Waals surface area contributed by atoms with Crippen LogP contribution in [0.15, 0.2) is 24.4 Å². The van der Waals surface area contributed by atoms with Crippen molar-refractivity contribution in [1.82, 2.24) is 4.98 Å². The Balaban J connectivity index is 2.71. The zero-order valence-corrected chi connectivity index (χ0v) is 10.7. The van der Waals surface area contributed by atoms with E-state index >= 15 is 0 Å². The van der Waals surface area contributed by atoms with E-state index in [0.29, 0.717) is 0 Å². The number of anilines is 2. The molecule has 0 saturated heterocycles. The Kier molecular flexibility index (Phi) is 3.18. The highest BCUT2D eigenvalue weighted by molar-refractivity contribution is 6.01. The Morgan fingerprint density at radius 3 is 2.53 bits per heavy atom. The third-order valence-corrected chi connectivity index (χ3v) is 3.15. The largest absolute Gasteiger partial charge is 0.398 e. The van der Waals surface area contributed by atoms with Gasteiger partial charge in [-0.25, -0.2) is 0 Å². The van der Waals surface area contributed by atoms with E-state index in [2.05, 4.69) is 35.9 Å². The molecule has 0 amide bonds. The molecule has 0 bridgehead atoms. The van der Waals surface area contributed by atoms with Crippen LogP contribution >= 0.6 is 0 Å². The topological polar surface area (TPSA) is 42.1 Å². The molecule has 90 valence electrons. The Bertz CT molecular complexity index is 530. The molecule has 0 spiro atoms. The van der Waals surface area contributed by atoms with Crippen LogP contribution in [0.5, 0.6) is 0 Å². The van der Waals surface area contributed by atoms with Gasteiger partial charge in [0.2, 0.25) is 0 Å². The van der Waals surface area contributed by atoms with Gasteiger partial charge in [-0.15, -0.1) is 0 Å². The Labute approximate surface area is 102 Å². The van der Waals surface area contributed by atoms with Crippen LogP contribution in [-0.2, 0) is 0 Å². The van der Waals surface area contributed by atoms with Crippen LogP contribution in [0.4, 0.5) is 11.4 Å². The normalized spacial score (nSPS) is 10.8. The fraction of sp³-hybridized carbons (Fsp3) is 0.357. The van der Waals surface area contributed by atoms with Crippen molar-refractivity contribution in [2.45, 2.75) is 20.8 Å². The van der Waals surface area contributed by atoms with Crippen LogP contribution in [0.25, 0.3) is 10.8 Å². The second-order valence-corrected chi connectivity index (χ2v) is 4.22. The van der Waals surface area contributed by atoms with Crippen molar-refractivity contribution in [3.8, 4) is 0 Å². The van der Waals surface area contributed by atoms with Crippen molar-refractivity contribution in [2.75, 3.05) is 23.7 Å². The first kappa shape index (κ1) is 11.7. The zero-order valence-electron chi connectivity index (χ0n) is 10.7. The minimum absolute atomic E-state index is 0.795. The number of benzene rings is 1. The zero-order chi connectivity index (χ0) is 12.4. The lowest BCUT2D eigenvalue weighted by Crippen LogP contribution is -2.22. The third kappa shape index (κ3) is 2.05. The number of hydrogen-bond donors (Lipinski definition) is 1. The molecule has 3 heteroatoms. The monoisotopic (exact) mass is 229 g/mol. The molecule has 0 aliphatic heterocycles. The Morgan fingerprint density at radius 1 is 1.18 bits per heavy atom. The molecule has 0 atom stereocenters. The molecule has 0 aliphatic rings. The summed E-state index contributed by atoms with van der Waals surface area (Å²) in [4.78, 5) is 6.66. The van der Waals surface area contributed by atoms with Gasteiger partial charge in [0.25, 0.3) is 0 Å². The van der Waals surface area contributed by atoms with Gasteiger partial charge in [-0.3, -0.25) is 4.98 Å². The summed E-state index contributed by atoms with van der Waals surface area (Å²) in [5.74, 6) is 0. The van der Waals surface area contributed by atoms with E-state index < -0.39 is 0 Å². The molecule has 1 aromatic carbocycles. The summed E-state index contributed by atoms with van der Waals surface area (Å²) in [6.45, 7) is 8.34. The highest BCUT2D eigenvalue weighted by Gasteiger charge is 2.09. The maximum atomic E-state index is 6.00. The van der Waals surface area contributed by atoms with Crippen molar-refractivity contribution >= 4 is 22.1 Å². The standard InChI is InChI=1S/C14H19N3/c1-4-17(5-2)14-7-6-13(15)12-9-16-10(3)8-11(12)14/h6-9H,4-5,15H2,1-3H3. The minimum Gasteiger partial charge on any atom is -0.398 e. The number of nitrogens with zero attached hydrogens (tertiary/aromatic N) is 2. The van der Waals surface area contributed by atoms with Crippen molar-refractivity contribution in [2.24, 2.45) is 0 Å². The van der Waals surface area contributed by atoms with Gasteiger partial charge in [0, 0.05) is 47.1 Å². The summed E-state index contributed by atoms with van der Waals surface area (Å²) in [5, 5.41) is 2.24. The first-order valence-corrected chi connectivity index (χ1v) is 6.07. The molecule has 0 unspecified atom stereocenters.